The average Bonchev–Trinajstić information content (AvgIpc) is 2.43. The van der Waals surface area contributed by atoms with Crippen LogP contribution in [0, 0.1) is 5.92 Å². The molecular formula is C9H11Br2N3O. The number of hydrogen-bond donors (Lipinski definition) is 0. The van der Waals surface area contributed by atoms with Crippen LogP contribution in [0.1, 0.15) is 10.5 Å². The minimum atomic E-state index is 0.0136. The zero-order valence-corrected chi connectivity index (χ0v) is 11.5. The molecule has 0 aromatic carbocycles. The van der Waals surface area contributed by atoms with Gasteiger partial charge in [0, 0.05) is 37.6 Å². The van der Waals surface area contributed by atoms with Crippen LogP contribution in [-0.2, 0) is 7.05 Å². The molecule has 2 heterocycles. The Bertz CT molecular complexity index is 385. The van der Waals surface area contributed by atoms with Gasteiger partial charge in [-0.25, -0.2) is 0 Å². The van der Waals surface area contributed by atoms with E-state index in [9.17, 15) is 4.79 Å². The third-order valence-corrected chi connectivity index (χ3v) is 3.95. The van der Waals surface area contributed by atoms with Crippen LogP contribution in [0.25, 0.3) is 0 Å². The number of carbonyl (C=O) groups excluding carboxylic acids is 1. The predicted molar refractivity (Wildman–Crippen MR) is 64.1 cm³/mol. The number of aryl methyl sites for hydroxylation is 1. The summed E-state index contributed by atoms with van der Waals surface area (Å²) in [6.07, 6.45) is 1.79. The summed E-state index contributed by atoms with van der Waals surface area (Å²) in [6.45, 7) is 1.65. The molecule has 0 radical (unpaired) electrons. The van der Waals surface area contributed by atoms with Crippen molar-refractivity contribution >= 4 is 37.8 Å². The Morgan fingerprint density at radius 1 is 1.67 bits per heavy atom. The van der Waals surface area contributed by atoms with Crippen molar-refractivity contribution in [3.8, 4) is 0 Å². The summed E-state index contributed by atoms with van der Waals surface area (Å²) in [6, 6.07) is 0. The highest BCUT2D eigenvalue weighted by Crippen LogP contribution is 2.23. The average molecular weight is 337 g/mol. The van der Waals surface area contributed by atoms with Crippen molar-refractivity contribution in [2.75, 3.05) is 18.4 Å². The maximum atomic E-state index is 11.9. The van der Waals surface area contributed by atoms with Crippen LogP contribution in [0.2, 0.25) is 0 Å². The minimum absolute atomic E-state index is 0.0136. The second-order valence-corrected chi connectivity index (χ2v) is 5.23. The van der Waals surface area contributed by atoms with Crippen molar-refractivity contribution in [1.29, 1.82) is 0 Å². The van der Waals surface area contributed by atoms with Gasteiger partial charge < -0.3 is 4.90 Å². The van der Waals surface area contributed by atoms with Gasteiger partial charge in [0.15, 0.2) is 5.69 Å². The Hall–Kier alpha value is -0.360. The third kappa shape index (κ3) is 2.10. The fourth-order valence-electron chi connectivity index (χ4n) is 1.59. The zero-order chi connectivity index (χ0) is 11.0. The molecule has 4 nitrogen and oxygen atoms in total. The SMILES string of the molecule is Cn1cc(Br)c(C(=O)N2CC(CBr)C2)n1. The van der Waals surface area contributed by atoms with E-state index in [0.717, 1.165) is 22.9 Å². The van der Waals surface area contributed by atoms with E-state index in [-0.39, 0.29) is 5.91 Å². The fourth-order valence-corrected chi connectivity index (χ4v) is 2.54. The summed E-state index contributed by atoms with van der Waals surface area (Å²) in [7, 11) is 1.80. The number of nitrogens with zero attached hydrogens (tertiary/aromatic N) is 3. The van der Waals surface area contributed by atoms with Gasteiger partial charge in [0.1, 0.15) is 0 Å². The van der Waals surface area contributed by atoms with E-state index >= 15 is 0 Å². The molecule has 0 unspecified atom stereocenters. The predicted octanol–water partition coefficient (Wildman–Crippen LogP) is 1.65. The van der Waals surface area contributed by atoms with Gasteiger partial charge in [0.2, 0.25) is 0 Å². The molecule has 1 saturated heterocycles. The molecule has 0 N–H and O–H groups in total. The van der Waals surface area contributed by atoms with Gasteiger partial charge in [0.25, 0.3) is 5.91 Å². The van der Waals surface area contributed by atoms with Gasteiger partial charge in [-0.2, -0.15) is 5.10 Å². The lowest BCUT2D eigenvalue weighted by Gasteiger charge is -2.37. The first-order valence-corrected chi connectivity index (χ1v) is 6.57. The smallest absolute Gasteiger partial charge is 0.275 e. The Balaban J connectivity index is 2.06. The summed E-state index contributed by atoms with van der Waals surface area (Å²) in [5.74, 6) is 0.608. The van der Waals surface area contributed by atoms with Gasteiger partial charge in [0.05, 0.1) is 4.47 Å². The van der Waals surface area contributed by atoms with E-state index in [1.54, 1.807) is 17.9 Å². The number of rotatable bonds is 2. The second-order valence-electron chi connectivity index (χ2n) is 3.73. The first-order chi connectivity index (χ1) is 7.11. The highest BCUT2D eigenvalue weighted by Gasteiger charge is 2.32. The number of carbonyl (C=O) groups is 1. The van der Waals surface area contributed by atoms with Crippen LogP contribution in [0.5, 0.6) is 0 Å². The topological polar surface area (TPSA) is 38.1 Å². The zero-order valence-electron chi connectivity index (χ0n) is 8.28. The molecule has 0 spiro atoms. The number of halogens is 2. The third-order valence-electron chi connectivity index (χ3n) is 2.45. The maximum Gasteiger partial charge on any atom is 0.275 e. The molecule has 15 heavy (non-hydrogen) atoms. The Morgan fingerprint density at radius 3 is 2.80 bits per heavy atom. The van der Waals surface area contributed by atoms with Gasteiger partial charge in [-0.3, -0.25) is 9.48 Å². The highest BCUT2D eigenvalue weighted by atomic mass is 79.9. The van der Waals surface area contributed by atoms with Crippen molar-refractivity contribution in [3.63, 3.8) is 0 Å². The van der Waals surface area contributed by atoms with E-state index in [4.69, 9.17) is 0 Å². The van der Waals surface area contributed by atoms with Crippen LogP contribution < -0.4 is 0 Å². The van der Waals surface area contributed by atoms with Crippen LogP contribution >= 0.6 is 31.9 Å². The normalized spacial score (nSPS) is 16.6. The Kier molecular flexibility index (Phi) is 3.16. The van der Waals surface area contributed by atoms with E-state index in [2.05, 4.69) is 37.0 Å². The number of likely N-dealkylation sites (tertiary alicyclic amines) is 1. The van der Waals surface area contributed by atoms with Crippen molar-refractivity contribution in [2.45, 2.75) is 0 Å². The van der Waals surface area contributed by atoms with E-state index in [1.165, 1.54) is 0 Å². The van der Waals surface area contributed by atoms with Crippen molar-refractivity contribution in [1.82, 2.24) is 14.7 Å². The first-order valence-electron chi connectivity index (χ1n) is 4.66. The monoisotopic (exact) mass is 335 g/mol. The summed E-state index contributed by atoms with van der Waals surface area (Å²) in [5.41, 5.74) is 0.505. The molecule has 82 valence electrons. The van der Waals surface area contributed by atoms with E-state index in [0.29, 0.717) is 11.6 Å². The molecule has 1 aromatic heterocycles. The van der Waals surface area contributed by atoms with Gasteiger partial charge in [-0.1, -0.05) is 15.9 Å². The first kappa shape index (κ1) is 11.1. The lowest BCUT2D eigenvalue weighted by molar-refractivity contribution is 0.0531. The minimum Gasteiger partial charge on any atom is -0.336 e. The molecule has 1 aliphatic heterocycles. The fraction of sp³-hybridized carbons (Fsp3) is 0.556. The molecule has 2 rings (SSSR count). The van der Waals surface area contributed by atoms with Gasteiger partial charge in [-0.05, 0) is 15.9 Å². The molecule has 1 aromatic rings. The van der Waals surface area contributed by atoms with Gasteiger partial charge >= 0.3 is 0 Å². The lowest BCUT2D eigenvalue weighted by Crippen LogP contribution is -2.50. The van der Waals surface area contributed by atoms with E-state index < -0.39 is 0 Å². The molecule has 1 aliphatic rings. The summed E-state index contributed by atoms with van der Waals surface area (Å²) in [4.78, 5) is 13.7. The van der Waals surface area contributed by atoms with E-state index in [1.807, 2.05) is 4.90 Å². The number of amides is 1. The van der Waals surface area contributed by atoms with Crippen LogP contribution in [0.3, 0.4) is 0 Å². The molecule has 6 heteroatoms. The van der Waals surface area contributed by atoms with Crippen molar-refractivity contribution in [2.24, 2.45) is 13.0 Å². The lowest BCUT2D eigenvalue weighted by atomic mass is 10.0. The van der Waals surface area contributed by atoms with Gasteiger partial charge in [-0.15, -0.1) is 0 Å². The molecule has 0 aliphatic carbocycles. The molecule has 1 fully saturated rings. The number of aromatic nitrogens is 2. The number of hydrogen-bond acceptors (Lipinski definition) is 2. The molecule has 0 bridgehead atoms. The Morgan fingerprint density at radius 2 is 2.33 bits per heavy atom. The number of alkyl halides is 1. The summed E-state index contributed by atoms with van der Waals surface area (Å²) in [5, 5.41) is 5.09. The molecule has 0 atom stereocenters. The summed E-state index contributed by atoms with van der Waals surface area (Å²) >= 11 is 6.74. The van der Waals surface area contributed by atoms with Crippen molar-refractivity contribution in [3.05, 3.63) is 16.4 Å². The quantitative estimate of drug-likeness (QED) is 0.770. The van der Waals surface area contributed by atoms with Crippen LogP contribution in [-0.4, -0.2) is 39.0 Å². The molecule has 0 saturated carbocycles. The van der Waals surface area contributed by atoms with Crippen molar-refractivity contribution < 1.29 is 4.79 Å². The van der Waals surface area contributed by atoms with Crippen LogP contribution in [0.15, 0.2) is 10.7 Å². The highest BCUT2D eigenvalue weighted by molar-refractivity contribution is 9.10. The Labute approximate surface area is 105 Å². The maximum absolute atomic E-state index is 11.9. The van der Waals surface area contributed by atoms with Crippen LogP contribution in [0.4, 0.5) is 0 Å². The summed E-state index contributed by atoms with van der Waals surface area (Å²) < 4.78 is 2.40. The molecule has 1 amide bonds. The standard InChI is InChI=1S/C9H11Br2N3O/c1-13-5-7(11)8(12-13)9(15)14-3-6(2-10)4-14/h5-6H,2-4H2,1H3. The largest absolute Gasteiger partial charge is 0.336 e. The second kappa shape index (κ2) is 4.25. The molecular weight excluding hydrogens is 326 g/mol.